The van der Waals surface area contributed by atoms with Crippen LogP contribution in [0.15, 0.2) is 54.6 Å². The SMILES string of the molecule is COc1ccc(OCCNC(=O)CCOc2ccccc2)cc1. The van der Waals surface area contributed by atoms with Crippen molar-refractivity contribution in [3.63, 3.8) is 0 Å². The van der Waals surface area contributed by atoms with Crippen LogP contribution in [-0.4, -0.2) is 32.8 Å². The molecule has 0 fully saturated rings. The zero-order chi connectivity index (χ0) is 16.3. The Morgan fingerprint density at radius 1 is 0.870 bits per heavy atom. The van der Waals surface area contributed by atoms with Gasteiger partial charge in [0.2, 0.25) is 5.91 Å². The highest BCUT2D eigenvalue weighted by Crippen LogP contribution is 2.16. The van der Waals surface area contributed by atoms with Gasteiger partial charge < -0.3 is 19.5 Å². The summed E-state index contributed by atoms with van der Waals surface area (Å²) in [6.45, 7) is 1.23. The highest BCUT2D eigenvalue weighted by Gasteiger charge is 2.02. The Hall–Kier alpha value is -2.69. The fourth-order valence-electron chi connectivity index (χ4n) is 1.90. The Bertz CT molecular complexity index is 584. The molecule has 0 spiro atoms. The molecule has 0 saturated carbocycles. The van der Waals surface area contributed by atoms with Gasteiger partial charge in [-0.15, -0.1) is 0 Å². The second kappa shape index (κ2) is 9.35. The van der Waals surface area contributed by atoms with Gasteiger partial charge in [0.15, 0.2) is 0 Å². The van der Waals surface area contributed by atoms with Gasteiger partial charge in [0, 0.05) is 0 Å². The molecule has 0 radical (unpaired) electrons. The number of hydrogen-bond donors (Lipinski definition) is 1. The van der Waals surface area contributed by atoms with E-state index in [0.29, 0.717) is 26.2 Å². The van der Waals surface area contributed by atoms with E-state index in [1.165, 1.54) is 0 Å². The van der Waals surface area contributed by atoms with Crippen molar-refractivity contribution in [2.24, 2.45) is 0 Å². The van der Waals surface area contributed by atoms with E-state index in [-0.39, 0.29) is 5.91 Å². The normalized spacial score (nSPS) is 9.96. The summed E-state index contributed by atoms with van der Waals surface area (Å²) in [6, 6.07) is 16.7. The summed E-state index contributed by atoms with van der Waals surface area (Å²) in [6.07, 6.45) is 0.317. The van der Waals surface area contributed by atoms with Gasteiger partial charge in [0.25, 0.3) is 0 Å². The fourth-order valence-corrected chi connectivity index (χ4v) is 1.90. The number of carbonyl (C=O) groups excluding carboxylic acids is 1. The second-order valence-electron chi connectivity index (χ2n) is 4.79. The van der Waals surface area contributed by atoms with Gasteiger partial charge in [-0.05, 0) is 36.4 Å². The third kappa shape index (κ3) is 6.30. The van der Waals surface area contributed by atoms with Crippen molar-refractivity contribution in [3.8, 4) is 17.2 Å². The lowest BCUT2D eigenvalue weighted by atomic mass is 10.3. The third-order valence-corrected chi connectivity index (χ3v) is 3.09. The maximum absolute atomic E-state index is 11.7. The van der Waals surface area contributed by atoms with Crippen molar-refractivity contribution in [3.05, 3.63) is 54.6 Å². The summed E-state index contributed by atoms with van der Waals surface area (Å²) in [5, 5.41) is 2.79. The zero-order valence-corrected chi connectivity index (χ0v) is 13.2. The Kier molecular flexibility index (Phi) is 6.78. The van der Waals surface area contributed by atoms with Crippen LogP contribution in [0, 0.1) is 0 Å². The molecule has 122 valence electrons. The zero-order valence-electron chi connectivity index (χ0n) is 13.2. The van der Waals surface area contributed by atoms with Crippen LogP contribution >= 0.6 is 0 Å². The molecule has 5 heteroatoms. The Labute approximate surface area is 136 Å². The molecule has 1 N–H and O–H groups in total. The minimum absolute atomic E-state index is 0.0562. The molecule has 0 bridgehead atoms. The topological polar surface area (TPSA) is 56.8 Å². The van der Waals surface area contributed by atoms with Crippen molar-refractivity contribution in [2.75, 3.05) is 26.9 Å². The first kappa shape index (κ1) is 16.7. The molecule has 0 aliphatic heterocycles. The number of rotatable bonds is 9. The molecule has 0 unspecified atom stereocenters. The van der Waals surface area contributed by atoms with E-state index in [1.807, 2.05) is 54.6 Å². The van der Waals surface area contributed by atoms with Crippen molar-refractivity contribution < 1.29 is 19.0 Å². The monoisotopic (exact) mass is 315 g/mol. The molecular weight excluding hydrogens is 294 g/mol. The summed E-state index contributed by atoms with van der Waals surface area (Å²) in [7, 11) is 1.62. The number of carbonyl (C=O) groups is 1. The summed E-state index contributed by atoms with van der Waals surface area (Å²) in [4.78, 5) is 11.7. The number of hydrogen-bond acceptors (Lipinski definition) is 4. The number of amides is 1. The number of methoxy groups -OCH3 is 1. The molecule has 2 aromatic rings. The predicted molar refractivity (Wildman–Crippen MR) is 88.1 cm³/mol. The van der Waals surface area contributed by atoms with Gasteiger partial charge in [-0.25, -0.2) is 0 Å². The van der Waals surface area contributed by atoms with Crippen LogP contribution in [0.4, 0.5) is 0 Å². The van der Waals surface area contributed by atoms with Crippen molar-refractivity contribution >= 4 is 5.91 Å². The van der Waals surface area contributed by atoms with E-state index in [9.17, 15) is 4.79 Å². The van der Waals surface area contributed by atoms with Crippen molar-refractivity contribution in [1.29, 1.82) is 0 Å². The number of benzene rings is 2. The molecule has 0 aliphatic rings. The highest BCUT2D eigenvalue weighted by molar-refractivity contribution is 5.75. The van der Waals surface area contributed by atoms with Gasteiger partial charge in [-0.1, -0.05) is 18.2 Å². The lowest BCUT2D eigenvalue weighted by Crippen LogP contribution is -2.29. The molecular formula is C18H21NO4. The van der Waals surface area contributed by atoms with E-state index >= 15 is 0 Å². The number of ether oxygens (including phenoxy) is 3. The summed E-state index contributed by atoms with van der Waals surface area (Å²) >= 11 is 0. The molecule has 23 heavy (non-hydrogen) atoms. The summed E-state index contributed by atoms with van der Waals surface area (Å²) < 4.78 is 16.1. The van der Waals surface area contributed by atoms with E-state index in [2.05, 4.69) is 5.32 Å². The van der Waals surface area contributed by atoms with Crippen LogP contribution in [0.1, 0.15) is 6.42 Å². The first-order valence-corrected chi connectivity index (χ1v) is 7.49. The van der Waals surface area contributed by atoms with E-state index < -0.39 is 0 Å². The smallest absolute Gasteiger partial charge is 0.223 e. The average molecular weight is 315 g/mol. The first-order valence-electron chi connectivity index (χ1n) is 7.49. The van der Waals surface area contributed by atoms with E-state index in [4.69, 9.17) is 14.2 Å². The molecule has 0 saturated heterocycles. The average Bonchev–Trinajstić information content (AvgIpc) is 2.60. The van der Waals surface area contributed by atoms with Crippen LogP contribution in [0.25, 0.3) is 0 Å². The van der Waals surface area contributed by atoms with Crippen LogP contribution in [0.5, 0.6) is 17.2 Å². The highest BCUT2D eigenvalue weighted by atomic mass is 16.5. The largest absolute Gasteiger partial charge is 0.497 e. The first-order chi connectivity index (χ1) is 11.3. The lowest BCUT2D eigenvalue weighted by Gasteiger charge is -2.09. The molecule has 0 aliphatic carbocycles. The van der Waals surface area contributed by atoms with Gasteiger partial charge in [-0.3, -0.25) is 4.79 Å². The maximum Gasteiger partial charge on any atom is 0.223 e. The van der Waals surface area contributed by atoms with Crippen LogP contribution in [0.2, 0.25) is 0 Å². The number of para-hydroxylation sites is 1. The molecule has 1 amide bonds. The van der Waals surface area contributed by atoms with Gasteiger partial charge in [-0.2, -0.15) is 0 Å². The molecule has 5 nitrogen and oxygen atoms in total. The second-order valence-corrected chi connectivity index (χ2v) is 4.79. The maximum atomic E-state index is 11.7. The number of nitrogens with one attached hydrogen (secondary N) is 1. The fraction of sp³-hybridized carbons (Fsp3) is 0.278. The van der Waals surface area contributed by atoms with Crippen molar-refractivity contribution in [2.45, 2.75) is 6.42 Å². The lowest BCUT2D eigenvalue weighted by molar-refractivity contribution is -0.121. The minimum atomic E-state index is -0.0562. The van der Waals surface area contributed by atoms with Gasteiger partial charge in [0.1, 0.15) is 23.9 Å². The van der Waals surface area contributed by atoms with Crippen LogP contribution < -0.4 is 19.5 Å². The van der Waals surface area contributed by atoms with Crippen LogP contribution in [0.3, 0.4) is 0 Å². The minimum Gasteiger partial charge on any atom is -0.497 e. The van der Waals surface area contributed by atoms with Crippen LogP contribution in [-0.2, 0) is 4.79 Å². The molecule has 0 aromatic heterocycles. The standard InChI is InChI=1S/C18H21NO4/c1-21-15-7-9-17(10-8-15)23-14-12-19-18(20)11-13-22-16-5-3-2-4-6-16/h2-10H,11-14H2,1H3,(H,19,20). The van der Waals surface area contributed by atoms with E-state index in [0.717, 1.165) is 17.2 Å². The van der Waals surface area contributed by atoms with E-state index in [1.54, 1.807) is 7.11 Å². The Morgan fingerprint density at radius 2 is 1.48 bits per heavy atom. The molecule has 2 rings (SSSR count). The summed E-state index contributed by atoms with van der Waals surface area (Å²) in [5.74, 6) is 2.24. The quantitative estimate of drug-likeness (QED) is 0.723. The summed E-state index contributed by atoms with van der Waals surface area (Å²) in [5.41, 5.74) is 0. The third-order valence-electron chi connectivity index (χ3n) is 3.09. The molecule has 2 aromatic carbocycles. The Balaban J connectivity index is 1.55. The predicted octanol–water partition coefficient (Wildman–Crippen LogP) is 2.66. The Morgan fingerprint density at radius 3 is 2.17 bits per heavy atom. The van der Waals surface area contributed by atoms with Crippen molar-refractivity contribution in [1.82, 2.24) is 5.32 Å². The van der Waals surface area contributed by atoms with Gasteiger partial charge >= 0.3 is 0 Å². The van der Waals surface area contributed by atoms with Gasteiger partial charge in [0.05, 0.1) is 26.7 Å². The molecule has 0 atom stereocenters. The molecule has 0 heterocycles.